The minimum atomic E-state index is -0.156. The van der Waals surface area contributed by atoms with Crippen LogP contribution >= 0.6 is 11.3 Å². The number of nitrogens with zero attached hydrogens (tertiary/aromatic N) is 5. The predicted molar refractivity (Wildman–Crippen MR) is 170 cm³/mol. The summed E-state index contributed by atoms with van der Waals surface area (Å²) in [6, 6.07) is 10.2. The van der Waals surface area contributed by atoms with Crippen molar-refractivity contribution in [3.8, 4) is 0 Å². The van der Waals surface area contributed by atoms with Gasteiger partial charge in [0.1, 0.15) is 5.01 Å². The van der Waals surface area contributed by atoms with E-state index < -0.39 is 0 Å². The Labute approximate surface area is 248 Å². The van der Waals surface area contributed by atoms with E-state index >= 15 is 0 Å². The van der Waals surface area contributed by atoms with E-state index in [-0.39, 0.29) is 12.3 Å². The second-order valence-corrected chi connectivity index (χ2v) is 11.3. The van der Waals surface area contributed by atoms with Crippen molar-refractivity contribution in [1.82, 2.24) is 25.3 Å². The highest BCUT2D eigenvalue weighted by atomic mass is 32.1. The molecule has 0 spiro atoms. The fourth-order valence-corrected chi connectivity index (χ4v) is 4.90. The number of carbonyl (C=O) groups excluding carboxylic acids is 1. The molecule has 0 aliphatic carbocycles. The molecule has 0 atom stereocenters. The molecule has 0 aliphatic rings. The predicted octanol–water partition coefficient (Wildman–Crippen LogP) is 6.80. The van der Waals surface area contributed by atoms with Gasteiger partial charge in [-0.25, -0.2) is 0 Å². The zero-order valence-corrected chi connectivity index (χ0v) is 25.5. The minimum Gasteiger partial charge on any atom is -0.374 e. The summed E-state index contributed by atoms with van der Waals surface area (Å²) in [6.07, 6.45) is 8.19. The summed E-state index contributed by atoms with van der Waals surface area (Å²) in [7, 11) is 2.06. The maximum absolute atomic E-state index is 12.0. The number of rotatable bonds is 16. The Kier molecular flexibility index (Phi) is 12.0. The third kappa shape index (κ3) is 10.8. The molecule has 8 nitrogen and oxygen atoms in total. The normalized spacial score (nSPS) is 10.9. The lowest BCUT2D eigenvalue weighted by atomic mass is 10.0. The van der Waals surface area contributed by atoms with Crippen molar-refractivity contribution >= 4 is 28.2 Å². The zero-order chi connectivity index (χ0) is 29.8. The van der Waals surface area contributed by atoms with Gasteiger partial charge in [0.15, 0.2) is 5.82 Å². The maximum atomic E-state index is 12.0. The Morgan fingerprint density at radius 3 is 2.51 bits per heavy atom. The zero-order valence-electron chi connectivity index (χ0n) is 24.7. The molecular weight excluding hydrogens is 530 g/mol. The van der Waals surface area contributed by atoms with Crippen molar-refractivity contribution in [3.05, 3.63) is 107 Å². The van der Waals surface area contributed by atoms with Gasteiger partial charge < -0.3 is 15.5 Å². The second-order valence-electron chi connectivity index (χ2n) is 10.3. The number of hydrogen-bond acceptors (Lipinski definition) is 8. The van der Waals surface area contributed by atoms with Gasteiger partial charge in [-0.15, -0.1) is 15.3 Å². The van der Waals surface area contributed by atoms with E-state index in [0.29, 0.717) is 12.2 Å². The van der Waals surface area contributed by atoms with Crippen LogP contribution in [0.5, 0.6) is 0 Å². The maximum Gasteiger partial charge on any atom is 0.229 e. The molecule has 2 heterocycles. The highest BCUT2D eigenvalue weighted by molar-refractivity contribution is 7.15. The number of hydrogen-bond donors (Lipinski definition) is 2. The van der Waals surface area contributed by atoms with Crippen molar-refractivity contribution in [2.24, 2.45) is 0 Å². The number of nitrogens with one attached hydrogen (secondary N) is 2. The standard InChI is InChI=1S/C32H41N7OS/c1-8-11-23(4)18-30(40)34-29-17-16-28(35-36-29)12-9-10-13-31-37-38-32(41-31)33-25(6)19-26-15-14-24(5)27(20-26)21-39(7)22(2)3/h8,11,14-17,20H,2,4,6,9-10,12-13,18-19,21H2,1,3,5,7H3,(H,33,38)(H,34,36,40)/b11-8-. The number of amides is 1. The summed E-state index contributed by atoms with van der Waals surface area (Å²) in [6.45, 7) is 19.0. The lowest BCUT2D eigenvalue weighted by molar-refractivity contribution is -0.115. The van der Waals surface area contributed by atoms with E-state index in [4.69, 9.17) is 0 Å². The Balaban J connectivity index is 1.40. The number of anilines is 2. The molecule has 0 unspecified atom stereocenters. The molecule has 2 N–H and O–H groups in total. The van der Waals surface area contributed by atoms with E-state index in [0.717, 1.165) is 65.0 Å². The van der Waals surface area contributed by atoms with Crippen LogP contribution in [-0.4, -0.2) is 38.2 Å². The first-order valence-corrected chi connectivity index (χ1v) is 14.6. The fraction of sp³-hybridized carbons (Fsp3) is 0.344. The summed E-state index contributed by atoms with van der Waals surface area (Å²) in [5.41, 5.74) is 7.33. The van der Waals surface area contributed by atoms with E-state index in [2.05, 4.69) is 87.8 Å². The average Bonchev–Trinajstić information content (AvgIpc) is 3.36. The molecule has 9 heteroatoms. The number of aromatic nitrogens is 4. The number of aryl methyl sites for hydroxylation is 3. The molecule has 3 rings (SSSR count). The number of carbonyl (C=O) groups is 1. The van der Waals surface area contributed by atoms with Gasteiger partial charge in [0, 0.05) is 37.8 Å². The average molecular weight is 572 g/mol. The smallest absolute Gasteiger partial charge is 0.229 e. The molecule has 0 fully saturated rings. The minimum absolute atomic E-state index is 0.156. The largest absolute Gasteiger partial charge is 0.374 e. The Morgan fingerprint density at radius 2 is 1.80 bits per heavy atom. The molecule has 2 aromatic heterocycles. The van der Waals surface area contributed by atoms with Crippen LogP contribution < -0.4 is 10.6 Å². The Bertz CT molecular complexity index is 1390. The summed E-state index contributed by atoms with van der Waals surface area (Å²) in [5, 5.41) is 24.8. The molecule has 0 radical (unpaired) electrons. The molecule has 1 amide bonds. The highest BCUT2D eigenvalue weighted by Crippen LogP contribution is 2.21. The SMILES string of the molecule is C=C(/C=C\C)CC(=O)Nc1ccc(CCCCc2nnc(NC(=C)Cc3ccc(C)c(CN(C)C(=C)C)c3)s2)nn1. The van der Waals surface area contributed by atoms with Crippen LogP contribution in [0.25, 0.3) is 0 Å². The van der Waals surface area contributed by atoms with Crippen molar-refractivity contribution in [2.75, 3.05) is 17.7 Å². The monoisotopic (exact) mass is 571 g/mol. The Hall–Kier alpha value is -4.11. The molecule has 0 bridgehead atoms. The topological polar surface area (TPSA) is 95.9 Å². The van der Waals surface area contributed by atoms with Crippen LogP contribution in [0.1, 0.15) is 60.5 Å². The van der Waals surface area contributed by atoms with Crippen LogP contribution in [-0.2, 0) is 30.6 Å². The van der Waals surface area contributed by atoms with Crippen LogP contribution in [0, 0.1) is 6.92 Å². The van der Waals surface area contributed by atoms with Crippen molar-refractivity contribution in [3.63, 3.8) is 0 Å². The van der Waals surface area contributed by atoms with Crippen molar-refractivity contribution < 1.29 is 4.79 Å². The third-order valence-electron chi connectivity index (χ3n) is 6.49. The van der Waals surface area contributed by atoms with Gasteiger partial charge in [0.05, 0.1) is 12.1 Å². The lowest BCUT2D eigenvalue weighted by Crippen LogP contribution is -2.15. The third-order valence-corrected chi connectivity index (χ3v) is 7.39. The van der Waals surface area contributed by atoms with Crippen molar-refractivity contribution in [2.45, 2.75) is 65.8 Å². The van der Waals surface area contributed by atoms with E-state index in [1.165, 1.54) is 16.7 Å². The van der Waals surface area contributed by atoms with Crippen LogP contribution in [0.2, 0.25) is 0 Å². The van der Waals surface area contributed by atoms with Gasteiger partial charge in [-0.3, -0.25) is 4.79 Å². The second kappa shape index (κ2) is 15.6. The van der Waals surface area contributed by atoms with Gasteiger partial charge >= 0.3 is 0 Å². The first-order chi connectivity index (χ1) is 19.6. The molecule has 0 aliphatic heterocycles. The summed E-state index contributed by atoms with van der Waals surface area (Å²) in [5.74, 6) is 0.289. The molecule has 41 heavy (non-hydrogen) atoms. The number of unbranched alkanes of at least 4 members (excludes halogenated alkanes) is 1. The quantitative estimate of drug-likeness (QED) is 0.144. The lowest BCUT2D eigenvalue weighted by Gasteiger charge is -2.20. The first-order valence-electron chi connectivity index (χ1n) is 13.8. The van der Waals surface area contributed by atoms with Crippen LogP contribution in [0.15, 0.2) is 79.2 Å². The molecule has 0 saturated carbocycles. The molecular formula is C32H41N7OS. The number of allylic oxidation sites excluding steroid dienone is 4. The van der Waals surface area contributed by atoms with Gasteiger partial charge in [0.2, 0.25) is 11.0 Å². The van der Waals surface area contributed by atoms with Crippen LogP contribution in [0.4, 0.5) is 10.9 Å². The molecule has 216 valence electrons. The van der Waals surface area contributed by atoms with Gasteiger partial charge in [-0.1, -0.05) is 61.4 Å². The highest BCUT2D eigenvalue weighted by Gasteiger charge is 2.09. The van der Waals surface area contributed by atoms with Gasteiger partial charge in [-0.2, -0.15) is 5.10 Å². The van der Waals surface area contributed by atoms with E-state index in [1.807, 2.05) is 32.1 Å². The Morgan fingerprint density at radius 1 is 1.02 bits per heavy atom. The van der Waals surface area contributed by atoms with Crippen molar-refractivity contribution in [1.29, 1.82) is 0 Å². The van der Waals surface area contributed by atoms with Gasteiger partial charge in [0.25, 0.3) is 0 Å². The molecule has 3 aromatic rings. The summed E-state index contributed by atoms with van der Waals surface area (Å²) >= 11 is 1.56. The van der Waals surface area contributed by atoms with E-state index in [1.54, 1.807) is 17.4 Å². The summed E-state index contributed by atoms with van der Waals surface area (Å²) < 4.78 is 0. The molecule has 1 aromatic carbocycles. The molecule has 0 saturated heterocycles. The number of benzene rings is 1. The van der Waals surface area contributed by atoms with E-state index in [9.17, 15) is 4.79 Å². The summed E-state index contributed by atoms with van der Waals surface area (Å²) in [4.78, 5) is 14.2. The first kappa shape index (κ1) is 31.4. The van der Waals surface area contributed by atoms with Gasteiger partial charge in [-0.05, 0) is 74.4 Å². The van der Waals surface area contributed by atoms with Crippen LogP contribution in [0.3, 0.4) is 0 Å². The fourth-order valence-electron chi connectivity index (χ4n) is 4.07.